The topological polar surface area (TPSA) is 82.4 Å². The van der Waals surface area contributed by atoms with Crippen LogP contribution < -0.4 is 0 Å². The molecule has 0 aliphatic carbocycles. The van der Waals surface area contributed by atoms with Crippen molar-refractivity contribution in [1.29, 1.82) is 0 Å². The molecule has 0 amide bonds. The molecule has 3 fully saturated rings. The van der Waals surface area contributed by atoms with Crippen LogP contribution in [-0.2, 0) is 10.0 Å². The normalized spacial score (nSPS) is 25.3. The van der Waals surface area contributed by atoms with Gasteiger partial charge in [0.2, 0.25) is 5.09 Å². The van der Waals surface area contributed by atoms with Crippen LogP contribution in [-0.4, -0.2) is 60.0 Å². The third-order valence-electron chi connectivity index (χ3n) is 5.25. The third kappa shape index (κ3) is 3.14. The summed E-state index contributed by atoms with van der Waals surface area (Å²) in [5, 5.41) is 6.68. The number of sulfonamides is 1. The van der Waals surface area contributed by atoms with E-state index >= 15 is 0 Å². The average Bonchev–Trinajstić information content (AvgIpc) is 3.21. The first-order valence-electron chi connectivity index (χ1n) is 8.91. The van der Waals surface area contributed by atoms with Gasteiger partial charge < -0.3 is 4.42 Å². The molecular weight excluding hydrogens is 340 g/mol. The highest BCUT2D eigenvalue weighted by atomic mass is 32.2. The van der Waals surface area contributed by atoms with Crippen LogP contribution in [0, 0.1) is 5.92 Å². The summed E-state index contributed by atoms with van der Waals surface area (Å²) in [6.07, 6.45) is 4.89. The second-order valence-electron chi connectivity index (χ2n) is 7.00. The number of piperidine rings is 1. The first-order valence-corrected chi connectivity index (χ1v) is 10.4. The molecule has 0 saturated carbocycles. The summed E-state index contributed by atoms with van der Waals surface area (Å²) in [4.78, 5) is 2.46. The fourth-order valence-electron chi connectivity index (χ4n) is 4.02. The molecular formula is C17H24N4O3S. The summed E-state index contributed by atoms with van der Waals surface area (Å²) in [5.41, 5.74) is 0.673. The Bertz CT molecular complexity index is 815. The Morgan fingerprint density at radius 1 is 1.24 bits per heavy atom. The number of fused-ring (bicyclic) bond motifs is 4. The van der Waals surface area contributed by atoms with Crippen LogP contribution in [0.3, 0.4) is 0 Å². The first-order chi connectivity index (χ1) is 12.1. The maximum Gasteiger partial charge on any atom is 0.276 e. The van der Waals surface area contributed by atoms with E-state index in [4.69, 9.17) is 4.42 Å². The van der Waals surface area contributed by atoms with Crippen LogP contribution in [0.2, 0.25) is 0 Å². The smallest absolute Gasteiger partial charge is 0.276 e. The minimum Gasteiger partial charge on any atom is -0.442 e. The molecule has 2 atom stereocenters. The molecule has 5 rings (SSSR count). The van der Waals surface area contributed by atoms with Gasteiger partial charge in [-0.3, -0.25) is 10.00 Å². The number of aromatic nitrogens is 2. The molecule has 0 spiro atoms. The molecule has 2 bridgehead atoms. The van der Waals surface area contributed by atoms with Crippen LogP contribution in [0.25, 0.3) is 11.5 Å². The lowest BCUT2D eigenvalue weighted by atomic mass is 9.95. The molecule has 1 N–H and O–H groups in total. The van der Waals surface area contributed by atoms with Crippen LogP contribution in [0.4, 0.5) is 0 Å². The molecule has 8 heteroatoms. The van der Waals surface area contributed by atoms with E-state index in [1.807, 2.05) is 0 Å². The summed E-state index contributed by atoms with van der Waals surface area (Å²) in [7, 11) is -3.61. The van der Waals surface area contributed by atoms with Crippen molar-refractivity contribution in [2.24, 2.45) is 5.92 Å². The molecule has 2 aromatic rings. The number of hydrogen-bond acceptors (Lipinski definition) is 5. The minimum absolute atomic E-state index is 0.0143. The summed E-state index contributed by atoms with van der Waals surface area (Å²) >= 11 is 0. The highest BCUT2D eigenvalue weighted by molar-refractivity contribution is 7.89. The Hall–Kier alpha value is -1.64. The maximum atomic E-state index is 13.1. The van der Waals surface area contributed by atoms with Gasteiger partial charge in [-0.1, -0.05) is 6.92 Å². The fraction of sp³-hybridized carbons (Fsp3) is 0.588. The number of aromatic amines is 1. The number of H-pyrrole nitrogens is 1. The maximum absolute atomic E-state index is 13.1. The number of hydrogen-bond donors (Lipinski definition) is 1. The zero-order valence-electron chi connectivity index (χ0n) is 14.4. The number of rotatable bonds is 5. The van der Waals surface area contributed by atoms with E-state index in [2.05, 4.69) is 22.0 Å². The molecule has 7 nitrogen and oxygen atoms in total. The zero-order valence-corrected chi connectivity index (χ0v) is 15.2. The van der Waals surface area contributed by atoms with E-state index in [9.17, 15) is 8.42 Å². The first kappa shape index (κ1) is 16.8. The standard InChI is InChI=1S/C17H24N4O3S/c1-2-9-20-10-13-3-4-14(20)12-21(11-13)25(22,23)17-6-5-16(24-17)15-7-8-18-19-15/h5-8,13-14H,2-4,9-12H2,1H3,(H,18,19). The van der Waals surface area contributed by atoms with Gasteiger partial charge >= 0.3 is 0 Å². The second-order valence-corrected chi connectivity index (χ2v) is 8.87. The van der Waals surface area contributed by atoms with Crippen molar-refractivity contribution in [2.45, 2.75) is 37.3 Å². The monoisotopic (exact) mass is 364 g/mol. The van der Waals surface area contributed by atoms with E-state index in [1.54, 1.807) is 28.7 Å². The van der Waals surface area contributed by atoms with Crippen molar-refractivity contribution in [3.8, 4) is 11.5 Å². The number of nitrogens with one attached hydrogen (secondary N) is 1. The Kier molecular flexibility index (Phi) is 4.43. The van der Waals surface area contributed by atoms with Gasteiger partial charge in [-0.25, -0.2) is 8.42 Å². The van der Waals surface area contributed by atoms with Crippen molar-refractivity contribution in [2.75, 3.05) is 26.2 Å². The third-order valence-corrected chi connectivity index (χ3v) is 6.95. The largest absolute Gasteiger partial charge is 0.442 e. The van der Waals surface area contributed by atoms with E-state index < -0.39 is 10.0 Å². The van der Waals surface area contributed by atoms with E-state index in [-0.39, 0.29) is 5.09 Å². The Labute approximate surface area is 148 Å². The highest BCUT2D eigenvalue weighted by Gasteiger charge is 2.40. The van der Waals surface area contributed by atoms with Gasteiger partial charge in [0.05, 0.1) is 0 Å². The lowest BCUT2D eigenvalue weighted by Gasteiger charge is -2.35. The van der Waals surface area contributed by atoms with Crippen LogP contribution in [0.15, 0.2) is 33.9 Å². The molecule has 5 heterocycles. The molecule has 0 aromatic carbocycles. The Morgan fingerprint density at radius 3 is 2.88 bits per heavy atom. The van der Waals surface area contributed by atoms with Crippen molar-refractivity contribution >= 4 is 10.0 Å². The molecule has 2 aromatic heterocycles. The highest BCUT2D eigenvalue weighted by Crippen LogP contribution is 2.32. The lowest BCUT2D eigenvalue weighted by molar-refractivity contribution is 0.133. The molecule has 136 valence electrons. The number of furan rings is 1. The van der Waals surface area contributed by atoms with Crippen LogP contribution in [0.5, 0.6) is 0 Å². The van der Waals surface area contributed by atoms with Gasteiger partial charge in [0.1, 0.15) is 5.69 Å². The minimum atomic E-state index is -3.61. The summed E-state index contributed by atoms with van der Waals surface area (Å²) < 4.78 is 33.5. The molecule has 3 aliphatic heterocycles. The van der Waals surface area contributed by atoms with Gasteiger partial charge in [-0.05, 0) is 49.9 Å². The second kappa shape index (κ2) is 6.59. The van der Waals surface area contributed by atoms with E-state index in [0.717, 1.165) is 32.4 Å². The summed E-state index contributed by atoms with van der Waals surface area (Å²) in [6.45, 7) is 5.35. The van der Waals surface area contributed by atoms with E-state index in [0.29, 0.717) is 36.5 Å². The fourth-order valence-corrected chi connectivity index (χ4v) is 5.48. The quantitative estimate of drug-likeness (QED) is 0.879. The van der Waals surface area contributed by atoms with Crippen molar-refractivity contribution in [3.05, 3.63) is 24.4 Å². The predicted molar refractivity (Wildman–Crippen MR) is 93.4 cm³/mol. The zero-order chi connectivity index (χ0) is 17.4. The molecule has 0 radical (unpaired) electrons. The Morgan fingerprint density at radius 2 is 2.12 bits per heavy atom. The van der Waals surface area contributed by atoms with Crippen molar-refractivity contribution < 1.29 is 12.8 Å². The summed E-state index contributed by atoms with van der Waals surface area (Å²) in [6, 6.07) is 5.29. The van der Waals surface area contributed by atoms with Gasteiger partial charge in [0.25, 0.3) is 10.0 Å². The summed E-state index contributed by atoms with van der Waals surface area (Å²) in [5.74, 6) is 0.892. The van der Waals surface area contributed by atoms with Gasteiger partial charge in [-0.2, -0.15) is 9.40 Å². The van der Waals surface area contributed by atoms with Gasteiger partial charge in [0, 0.05) is 31.9 Å². The van der Waals surface area contributed by atoms with Crippen molar-refractivity contribution in [3.63, 3.8) is 0 Å². The lowest BCUT2D eigenvalue weighted by Crippen LogP contribution is -2.44. The predicted octanol–water partition coefficient (Wildman–Crippen LogP) is 2.16. The average molecular weight is 364 g/mol. The molecule has 25 heavy (non-hydrogen) atoms. The number of nitrogens with zero attached hydrogens (tertiary/aromatic N) is 3. The molecule has 3 saturated heterocycles. The SMILES string of the molecule is CCCN1CC2CCC1CN(S(=O)(=O)c1ccc(-c3ccn[nH]3)o1)C2. The van der Waals surface area contributed by atoms with Crippen molar-refractivity contribution in [1.82, 2.24) is 19.4 Å². The van der Waals surface area contributed by atoms with Gasteiger partial charge in [-0.15, -0.1) is 0 Å². The molecule has 3 aliphatic rings. The van der Waals surface area contributed by atoms with Crippen LogP contribution in [0.1, 0.15) is 26.2 Å². The van der Waals surface area contributed by atoms with Gasteiger partial charge in [0.15, 0.2) is 5.76 Å². The molecule has 2 unspecified atom stereocenters. The van der Waals surface area contributed by atoms with Crippen LogP contribution >= 0.6 is 0 Å². The Balaban J connectivity index is 1.58. The van der Waals surface area contributed by atoms with E-state index in [1.165, 1.54) is 0 Å².